The molecule has 10 unspecified atom stereocenters. The number of carboxylic acids is 1. The van der Waals surface area contributed by atoms with Crippen molar-refractivity contribution in [3.63, 3.8) is 0 Å². The van der Waals surface area contributed by atoms with Gasteiger partial charge in [0.1, 0.15) is 23.7 Å². The highest BCUT2D eigenvalue weighted by atomic mass is 16.6. The molecule has 1 N–H and O–H groups in total. The second kappa shape index (κ2) is 11.3. The van der Waals surface area contributed by atoms with Crippen molar-refractivity contribution in [2.75, 3.05) is 13.2 Å². The number of carbonyl (C=O) groups excluding carboxylic acids is 6. The van der Waals surface area contributed by atoms with Crippen molar-refractivity contribution < 1.29 is 67.1 Å². The van der Waals surface area contributed by atoms with Crippen molar-refractivity contribution >= 4 is 41.8 Å². The predicted molar refractivity (Wildman–Crippen MR) is 142 cm³/mol. The van der Waals surface area contributed by atoms with Gasteiger partial charge in [-0.15, -0.1) is 0 Å². The third-order valence-corrected chi connectivity index (χ3v) is 9.58. The number of rotatable bonds is 9. The highest BCUT2D eigenvalue weighted by Crippen LogP contribution is 2.63. The van der Waals surface area contributed by atoms with Crippen molar-refractivity contribution in [1.82, 2.24) is 0 Å². The monoisotopic (exact) mass is 629 g/mol. The fourth-order valence-corrected chi connectivity index (χ4v) is 7.56. The molecule has 2 heterocycles. The summed E-state index contributed by atoms with van der Waals surface area (Å²) < 4.78 is 30.4. The van der Waals surface area contributed by atoms with E-state index in [4.69, 9.17) is 23.7 Å². The van der Waals surface area contributed by atoms with Gasteiger partial charge in [0.25, 0.3) is 0 Å². The summed E-state index contributed by atoms with van der Waals surface area (Å²) in [6.45, 7) is 8.54. The van der Waals surface area contributed by atoms with E-state index in [0.29, 0.717) is 12.8 Å². The van der Waals surface area contributed by atoms with E-state index in [1.54, 1.807) is 0 Å². The molecule has 6 fully saturated rings. The topological polar surface area (TPSA) is 219 Å². The van der Waals surface area contributed by atoms with E-state index in [9.17, 15) is 43.9 Å². The van der Waals surface area contributed by atoms with Crippen LogP contribution in [0.15, 0.2) is 24.3 Å². The van der Waals surface area contributed by atoms with Gasteiger partial charge in [0.15, 0.2) is 24.7 Å². The van der Waals surface area contributed by atoms with Crippen LogP contribution in [0.25, 0.3) is 0 Å². The maximum atomic E-state index is 11.9. The summed E-state index contributed by atoms with van der Waals surface area (Å²) in [4.78, 5) is 81.5. The van der Waals surface area contributed by atoms with Gasteiger partial charge in [0, 0.05) is 28.9 Å². The number of nitrogens with zero attached hydrogens (tertiary/aromatic N) is 1. The third kappa shape index (κ3) is 5.11. The smallest absolute Gasteiger partial charge is 0.344 e. The van der Waals surface area contributed by atoms with E-state index in [1.165, 1.54) is 13.8 Å². The van der Waals surface area contributed by atoms with Crippen LogP contribution in [0.4, 0.5) is 0 Å². The van der Waals surface area contributed by atoms with Crippen LogP contribution in [0.2, 0.25) is 0 Å². The largest absolute Gasteiger partial charge is 0.481 e. The first-order valence-corrected chi connectivity index (χ1v) is 14.3. The van der Waals surface area contributed by atoms with Gasteiger partial charge < -0.3 is 33.5 Å². The molecule has 240 valence electrons. The lowest BCUT2D eigenvalue weighted by molar-refractivity contribution is -0.179. The van der Waals surface area contributed by atoms with Crippen molar-refractivity contribution in [2.24, 2.45) is 34.5 Å². The van der Waals surface area contributed by atoms with Crippen molar-refractivity contribution in [3.05, 3.63) is 24.3 Å². The molecule has 45 heavy (non-hydrogen) atoms. The van der Waals surface area contributed by atoms with E-state index in [0.717, 1.165) is 0 Å². The zero-order valence-electron chi connectivity index (χ0n) is 24.5. The Bertz CT molecular complexity index is 1460. The van der Waals surface area contributed by atoms with Crippen LogP contribution in [0, 0.1) is 45.8 Å². The minimum atomic E-state index is -1.31. The number of hydrogen-bond acceptors (Lipinski definition) is 14. The minimum Gasteiger partial charge on any atom is -0.481 e. The van der Waals surface area contributed by atoms with Crippen molar-refractivity contribution in [1.29, 1.82) is 5.26 Å². The van der Waals surface area contributed by atoms with Crippen LogP contribution in [0.1, 0.15) is 39.5 Å². The highest BCUT2D eigenvalue weighted by Gasteiger charge is 2.74. The number of esters is 6. The molecule has 6 rings (SSSR count). The molecule has 0 radical (unpaired) electrons. The second-order valence-corrected chi connectivity index (χ2v) is 12.4. The number of hydrogen-bond donors (Lipinski definition) is 1. The number of carboxylic acid groups (broad SMARTS) is 1. The Hall–Kier alpha value is -4.74. The molecular formula is C30H31NO14. The fourth-order valence-electron chi connectivity index (χ4n) is 7.56. The maximum absolute atomic E-state index is 11.9. The van der Waals surface area contributed by atoms with Crippen LogP contribution in [0.3, 0.4) is 0 Å². The van der Waals surface area contributed by atoms with Gasteiger partial charge in [-0.05, 0) is 39.5 Å². The lowest BCUT2D eigenvalue weighted by Crippen LogP contribution is -2.47. The SMILES string of the molecule is C=C(C)C(=O)OCC(=O)OC1C2CC3C1OC(=O)C3(C#N)C2.C=C(C)C(=O)OCC(=O)OC1C2OC(=O)C3CC1(C(=O)O)CC32. The lowest BCUT2D eigenvalue weighted by Gasteiger charge is -2.32. The molecule has 2 aliphatic heterocycles. The molecule has 4 aliphatic carbocycles. The first-order chi connectivity index (χ1) is 21.1. The summed E-state index contributed by atoms with van der Waals surface area (Å²) in [6.07, 6.45) is -1.58. The average Bonchev–Trinajstić information content (AvgIpc) is 3.78. The van der Waals surface area contributed by atoms with E-state index < -0.39 is 96.2 Å². The summed E-state index contributed by atoms with van der Waals surface area (Å²) in [5.41, 5.74) is -2.05. The average molecular weight is 630 g/mol. The fraction of sp³-hybridized carbons (Fsp3) is 0.600. The van der Waals surface area contributed by atoms with Gasteiger partial charge in [-0.25, -0.2) is 19.2 Å². The molecule has 4 bridgehead atoms. The minimum absolute atomic E-state index is 0.0677. The molecule has 6 aliphatic rings. The van der Waals surface area contributed by atoms with Gasteiger partial charge in [-0.1, -0.05) is 13.2 Å². The quantitative estimate of drug-likeness (QED) is 0.209. The normalized spacial score (nSPS) is 36.9. The Balaban J connectivity index is 0.000000178. The number of aliphatic carboxylic acids is 1. The highest BCUT2D eigenvalue weighted by molar-refractivity contribution is 5.90. The van der Waals surface area contributed by atoms with Gasteiger partial charge in [0.2, 0.25) is 0 Å². The number of nitriles is 1. The van der Waals surface area contributed by atoms with Crippen molar-refractivity contribution in [3.8, 4) is 6.07 Å². The lowest BCUT2D eigenvalue weighted by atomic mass is 9.75. The maximum Gasteiger partial charge on any atom is 0.344 e. The number of ether oxygens (including phenoxy) is 6. The Morgan fingerprint density at radius 3 is 2.09 bits per heavy atom. The molecule has 0 amide bonds. The molecule has 15 heteroatoms. The van der Waals surface area contributed by atoms with Crippen LogP contribution in [0.5, 0.6) is 0 Å². The zero-order valence-corrected chi connectivity index (χ0v) is 24.5. The molecule has 10 atom stereocenters. The van der Waals surface area contributed by atoms with E-state index in [1.807, 2.05) is 0 Å². The number of fused-ring (bicyclic) bond motifs is 2. The summed E-state index contributed by atoms with van der Waals surface area (Å²) >= 11 is 0. The van der Waals surface area contributed by atoms with Crippen molar-refractivity contribution in [2.45, 2.75) is 63.9 Å². The summed E-state index contributed by atoms with van der Waals surface area (Å²) in [7, 11) is 0. The summed E-state index contributed by atoms with van der Waals surface area (Å²) in [5.74, 6) is -6.00. The van der Waals surface area contributed by atoms with Gasteiger partial charge in [-0.2, -0.15) is 5.26 Å². The van der Waals surface area contributed by atoms with Crippen LogP contribution >= 0.6 is 0 Å². The summed E-state index contributed by atoms with van der Waals surface area (Å²) in [6, 6.07) is 2.08. The third-order valence-electron chi connectivity index (χ3n) is 9.58. The molecule has 0 aromatic carbocycles. The van der Waals surface area contributed by atoms with E-state index >= 15 is 0 Å². The molecular weight excluding hydrogens is 598 g/mol. The Kier molecular flexibility index (Phi) is 7.97. The molecule has 2 saturated heterocycles. The van der Waals surface area contributed by atoms with Crippen LogP contribution in [-0.4, -0.2) is 84.5 Å². The Morgan fingerprint density at radius 2 is 1.53 bits per heavy atom. The molecule has 15 nitrogen and oxygen atoms in total. The zero-order chi connectivity index (χ0) is 33.0. The predicted octanol–water partition coefficient (Wildman–Crippen LogP) is 0.546. The van der Waals surface area contributed by atoms with E-state index in [-0.39, 0.29) is 41.7 Å². The molecule has 4 saturated carbocycles. The summed E-state index contributed by atoms with van der Waals surface area (Å²) in [5, 5.41) is 18.8. The van der Waals surface area contributed by atoms with Crippen LogP contribution < -0.4 is 0 Å². The second-order valence-electron chi connectivity index (χ2n) is 12.4. The van der Waals surface area contributed by atoms with Crippen LogP contribution in [-0.2, 0) is 62.0 Å². The Labute approximate surface area is 256 Å². The van der Waals surface area contributed by atoms with E-state index in [2.05, 4.69) is 24.0 Å². The van der Waals surface area contributed by atoms with Gasteiger partial charge >= 0.3 is 41.8 Å². The molecule has 0 aromatic heterocycles. The standard InChI is InChI=1S/C15H15NO6.C15H16O8/c1-7(2)13(18)20-5-10(17)21-11-8-3-9-12(11)22-14(19)15(9,4-8)6-16;1-6(2)12(17)21-5-9(16)22-11-10-7-3-15(11,14(19)20)4-8(7)13(18)23-10/h8-9,11-12H,1,3-5H2,2H3;7-8,10-11H,1,3-5H2,2H3,(H,19,20). The number of carbonyl (C=O) groups is 7. The molecule has 0 aromatic rings. The van der Waals surface area contributed by atoms with Gasteiger partial charge in [0.05, 0.1) is 12.0 Å². The Morgan fingerprint density at radius 1 is 0.933 bits per heavy atom. The van der Waals surface area contributed by atoms with Gasteiger partial charge in [-0.3, -0.25) is 14.4 Å². The first-order valence-electron chi connectivity index (χ1n) is 14.3. The molecule has 0 spiro atoms. The first kappa shape index (κ1) is 31.7.